The number of hydrogen-bond donors (Lipinski definition) is 0. The average molecular weight is 368 g/mol. The Labute approximate surface area is 155 Å². The number of allylic oxidation sites excluding steroid dienone is 1. The zero-order chi connectivity index (χ0) is 18.8. The van der Waals surface area contributed by atoms with Crippen molar-refractivity contribution in [2.24, 2.45) is 11.8 Å². The summed E-state index contributed by atoms with van der Waals surface area (Å²) in [5.41, 5.74) is 0. The fourth-order valence-corrected chi connectivity index (χ4v) is 3.16. The first-order chi connectivity index (χ1) is 12.7. The number of methoxy groups -OCH3 is 1. The van der Waals surface area contributed by atoms with Crippen molar-refractivity contribution in [2.45, 2.75) is 45.4 Å². The number of halogens is 2. The molecule has 0 unspecified atom stereocenters. The highest BCUT2D eigenvalue weighted by molar-refractivity contribution is 5.35. The fourth-order valence-electron chi connectivity index (χ4n) is 3.16. The molecule has 1 aliphatic carbocycles. The molecule has 1 aromatic rings. The van der Waals surface area contributed by atoms with E-state index in [4.69, 9.17) is 14.2 Å². The molecule has 1 aromatic carbocycles. The molecule has 0 amide bonds. The van der Waals surface area contributed by atoms with E-state index in [0.29, 0.717) is 31.7 Å². The van der Waals surface area contributed by atoms with Crippen LogP contribution < -0.4 is 9.47 Å². The first-order valence-electron chi connectivity index (χ1n) is 9.54. The molecule has 26 heavy (non-hydrogen) atoms. The van der Waals surface area contributed by atoms with Crippen LogP contribution >= 0.6 is 0 Å². The Hall–Kier alpha value is -1.62. The molecule has 0 N–H and O–H groups in total. The minimum atomic E-state index is -0.967. The maximum atomic E-state index is 14.2. The SMILES string of the molecule is CCCCOc1ccc(OC[C@H]2CC[C@H](C=CCOC)CC2)c(F)c1F. The second kappa shape index (κ2) is 11.2. The molecule has 0 spiro atoms. The summed E-state index contributed by atoms with van der Waals surface area (Å²) in [6.07, 6.45) is 10.3. The molecule has 0 aliphatic heterocycles. The number of unbranched alkanes of at least 4 members (excludes halogenated alkanes) is 1. The van der Waals surface area contributed by atoms with Crippen LogP contribution in [-0.4, -0.2) is 26.9 Å². The minimum Gasteiger partial charge on any atom is -0.490 e. The van der Waals surface area contributed by atoms with E-state index >= 15 is 0 Å². The van der Waals surface area contributed by atoms with Gasteiger partial charge in [-0.3, -0.25) is 0 Å². The molecule has 0 saturated heterocycles. The number of ether oxygens (including phenoxy) is 3. The van der Waals surface area contributed by atoms with Gasteiger partial charge in [-0.15, -0.1) is 0 Å². The van der Waals surface area contributed by atoms with Gasteiger partial charge in [-0.2, -0.15) is 8.78 Å². The Balaban J connectivity index is 1.80. The van der Waals surface area contributed by atoms with Crippen molar-refractivity contribution in [1.82, 2.24) is 0 Å². The van der Waals surface area contributed by atoms with Crippen molar-refractivity contribution < 1.29 is 23.0 Å². The smallest absolute Gasteiger partial charge is 0.204 e. The summed E-state index contributed by atoms with van der Waals surface area (Å²) >= 11 is 0. The average Bonchev–Trinajstić information content (AvgIpc) is 2.66. The molecule has 146 valence electrons. The van der Waals surface area contributed by atoms with Crippen LogP contribution in [0.5, 0.6) is 11.5 Å². The van der Waals surface area contributed by atoms with E-state index in [1.165, 1.54) is 12.1 Å². The quantitative estimate of drug-likeness (QED) is 0.401. The molecule has 5 heteroatoms. The van der Waals surface area contributed by atoms with Crippen LogP contribution in [0.25, 0.3) is 0 Å². The van der Waals surface area contributed by atoms with E-state index in [0.717, 1.165) is 38.5 Å². The van der Waals surface area contributed by atoms with E-state index in [-0.39, 0.29) is 11.5 Å². The van der Waals surface area contributed by atoms with E-state index in [1.807, 2.05) is 6.92 Å². The highest BCUT2D eigenvalue weighted by atomic mass is 19.2. The zero-order valence-corrected chi connectivity index (χ0v) is 15.8. The van der Waals surface area contributed by atoms with Gasteiger partial charge in [-0.25, -0.2) is 0 Å². The topological polar surface area (TPSA) is 27.7 Å². The number of benzene rings is 1. The van der Waals surface area contributed by atoms with Crippen molar-refractivity contribution in [2.75, 3.05) is 26.9 Å². The number of hydrogen-bond acceptors (Lipinski definition) is 3. The molecule has 1 saturated carbocycles. The van der Waals surface area contributed by atoms with Crippen LogP contribution in [0.4, 0.5) is 8.78 Å². The maximum absolute atomic E-state index is 14.2. The minimum absolute atomic E-state index is 0.0348. The third-order valence-corrected chi connectivity index (χ3v) is 4.80. The summed E-state index contributed by atoms with van der Waals surface area (Å²) in [5.74, 6) is -1.06. The molecule has 0 radical (unpaired) electrons. The van der Waals surface area contributed by atoms with Gasteiger partial charge in [0.05, 0.1) is 19.8 Å². The molecular formula is C21H30F2O3. The third-order valence-electron chi connectivity index (χ3n) is 4.80. The van der Waals surface area contributed by atoms with E-state index in [1.54, 1.807) is 7.11 Å². The molecule has 1 aliphatic rings. The van der Waals surface area contributed by atoms with Gasteiger partial charge in [0.2, 0.25) is 11.6 Å². The highest BCUT2D eigenvalue weighted by Gasteiger charge is 2.21. The van der Waals surface area contributed by atoms with Crippen molar-refractivity contribution in [3.8, 4) is 11.5 Å². The Morgan fingerprint density at radius 3 is 2.31 bits per heavy atom. The predicted octanol–water partition coefficient (Wildman–Crippen LogP) is 5.53. The summed E-state index contributed by atoms with van der Waals surface area (Å²) in [6.45, 7) is 3.46. The second-order valence-corrected chi connectivity index (χ2v) is 6.87. The van der Waals surface area contributed by atoms with Gasteiger partial charge in [-0.05, 0) is 56.1 Å². The van der Waals surface area contributed by atoms with E-state index < -0.39 is 11.6 Å². The van der Waals surface area contributed by atoms with Crippen LogP contribution in [0, 0.1) is 23.5 Å². The van der Waals surface area contributed by atoms with Gasteiger partial charge in [0.1, 0.15) is 0 Å². The summed E-state index contributed by atoms with van der Waals surface area (Å²) in [5, 5.41) is 0. The Morgan fingerprint density at radius 2 is 1.69 bits per heavy atom. The number of rotatable bonds is 10. The lowest BCUT2D eigenvalue weighted by Gasteiger charge is -2.26. The summed E-state index contributed by atoms with van der Waals surface area (Å²) < 4.78 is 44.1. The second-order valence-electron chi connectivity index (χ2n) is 6.87. The van der Waals surface area contributed by atoms with Gasteiger partial charge in [0.15, 0.2) is 11.5 Å². The van der Waals surface area contributed by atoms with Crippen molar-refractivity contribution in [1.29, 1.82) is 0 Å². The third kappa shape index (κ3) is 6.27. The summed E-state index contributed by atoms with van der Waals surface area (Å²) in [6, 6.07) is 2.90. The predicted molar refractivity (Wildman–Crippen MR) is 98.7 cm³/mol. The van der Waals surface area contributed by atoms with Crippen LogP contribution in [0.2, 0.25) is 0 Å². The largest absolute Gasteiger partial charge is 0.490 e. The van der Waals surface area contributed by atoms with Gasteiger partial charge < -0.3 is 14.2 Å². The van der Waals surface area contributed by atoms with Gasteiger partial charge in [0, 0.05) is 7.11 Å². The normalized spacial score (nSPS) is 20.5. The Morgan fingerprint density at radius 1 is 1.04 bits per heavy atom. The molecule has 1 fully saturated rings. The molecule has 0 aromatic heterocycles. The fraction of sp³-hybridized carbons (Fsp3) is 0.619. The Kier molecular flexibility index (Phi) is 8.89. The van der Waals surface area contributed by atoms with E-state index in [9.17, 15) is 8.78 Å². The van der Waals surface area contributed by atoms with Crippen LogP contribution in [0.3, 0.4) is 0 Å². The zero-order valence-electron chi connectivity index (χ0n) is 15.8. The summed E-state index contributed by atoms with van der Waals surface area (Å²) in [7, 11) is 1.68. The molecule has 0 heterocycles. The lowest BCUT2D eigenvalue weighted by atomic mass is 9.82. The van der Waals surface area contributed by atoms with Gasteiger partial charge in [0.25, 0.3) is 0 Å². The molecular weight excluding hydrogens is 338 g/mol. The first kappa shape index (κ1) is 20.7. The monoisotopic (exact) mass is 368 g/mol. The maximum Gasteiger partial charge on any atom is 0.204 e. The first-order valence-corrected chi connectivity index (χ1v) is 9.54. The molecule has 3 nitrogen and oxygen atoms in total. The Bertz CT molecular complexity index is 567. The highest BCUT2D eigenvalue weighted by Crippen LogP contribution is 2.32. The standard InChI is InChI=1S/C21H30F2O3/c1-3-4-14-25-18-11-12-19(21(23)20(18)22)26-15-17-9-7-16(8-10-17)6-5-13-24-2/h5-6,11-12,16-17H,3-4,7-10,13-15H2,1-2H3/t16-,17-. The van der Waals surface area contributed by atoms with Gasteiger partial charge in [-0.1, -0.05) is 25.5 Å². The van der Waals surface area contributed by atoms with Crippen molar-refractivity contribution >= 4 is 0 Å². The van der Waals surface area contributed by atoms with E-state index in [2.05, 4.69) is 12.2 Å². The van der Waals surface area contributed by atoms with Crippen LogP contribution in [-0.2, 0) is 4.74 Å². The summed E-state index contributed by atoms with van der Waals surface area (Å²) in [4.78, 5) is 0. The van der Waals surface area contributed by atoms with Crippen molar-refractivity contribution in [3.63, 3.8) is 0 Å². The van der Waals surface area contributed by atoms with Gasteiger partial charge >= 0.3 is 0 Å². The van der Waals surface area contributed by atoms with Crippen LogP contribution in [0.1, 0.15) is 45.4 Å². The van der Waals surface area contributed by atoms with Crippen molar-refractivity contribution in [3.05, 3.63) is 35.9 Å². The molecule has 0 atom stereocenters. The molecule has 2 rings (SSSR count). The lowest BCUT2D eigenvalue weighted by molar-refractivity contribution is 0.186. The molecule has 0 bridgehead atoms. The lowest BCUT2D eigenvalue weighted by Crippen LogP contribution is -2.19. The van der Waals surface area contributed by atoms with Crippen LogP contribution in [0.15, 0.2) is 24.3 Å².